The zero-order chi connectivity index (χ0) is 12.9. The van der Waals surface area contributed by atoms with E-state index in [1.54, 1.807) is 7.11 Å². The number of methoxy groups -OCH3 is 1. The average molecular weight is 219 g/mol. The monoisotopic (exact) mass is 219 g/mol. The van der Waals surface area contributed by atoms with Gasteiger partial charge in [0.1, 0.15) is 0 Å². The first-order valence-corrected chi connectivity index (χ1v) is 6.23. The van der Waals surface area contributed by atoms with Gasteiger partial charge >= 0.3 is 0 Å². The van der Waals surface area contributed by atoms with Crippen LogP contribution in [0.25, 0.3) is 0 Å². The van der Waals surface area contributed by atoms with E-state index in [1.165, 1.54) is 6.42 Å². The largest absolute Gasteiger partial charge is 0.383 e. The van der Waals surface area contributed by atoms with E-state index >= 15 is 0 Å². The first kappa shape index (κ1) is 20.3. The molecule has 1 fully saturated rings. The van der Waals surface area contributed by atoms with E-state index in [9.17, 15) is 0 Å². The van der Waals surface area contributed by atoms with E-state index in [4.69, 9.17) is 5.73 Å². The summed E-state index contributed by atoms with van der Waals surface area (Å²) in [5.41, 5.74) is 5.72. The molecule has 0 spiro atoms. The van der Waals surface area contributed by atoms with Crippen LogP contribution in [0.3, 0.4) is 0 Å². The molecule has 15 heavy (non-hydrogen) atoms. The van der Waals surface area contributed by atoms with Gasteiger partial charge in [0.05, 0.1) is 6.61 Å². The van der Waals surface area contributed by atoms with Gasteiger partial charge in [-0.1, -0.05) is 48.5 Å². The van der Waals surface area contributed by atoms with Gasteiger partial charge in [0.2, 0.25) is 0 Å². The van der Waals surface area contributed by atoms with E-state index in [0.29, 0.717) is 18.6 Å². The molecule has 2 heteroatoms. The van der Waals surface area contributed by atoms with E-state index in [1.807, 2.05) is 27.7 Å². The number of ether oxygens (including phenoxy) is 1. The molecule has 2 N–H and O–H groups in total. The van der Waals surface area contributed by atoms with Crippen molar-refractivity contribution in [1.29, 1.82) is 0 Å². The first-order chi connectivity index (χ1) is 7.04. The van der Waals surface area contributed by atoms with Crippen molar-refractivity contribution < 1.29 is 4.74 Å². The molecule has 0 radical (unpaired) electrons. The lowest BCUT2D eigenvalue weighted by Gasteiger charge is -1.91. The Hall–Kier alpha value is -0.0800. The minimum absolute atomic E-state index is 0.622. The molecule has 1 aliphatic rings. The number of nitrogens with two attached hydrogens (primary N) is 1. The van der Waals surface area contributed by atoms with Gasteiger partial charge in [-0.15, -0.1) is 0 Å². The van der Waals surface area contributed by atoms with Crippen molar-refractivity contribution in [2.24, 2.45) is 17.1 Å². The van der Waals surface area contributed by atoms with E-state index in [2.05, 4.69) is 25.5 Å². The summed E-state index contributed by atoms with van der Waals surface area (Å²) >= 11 is 0. The maximum absolute atomic E-state index is 5.01. The third-order valence-corrected chi connectivity index (χ3v) is 2.33. The smallest absolute Gasteiger partial charge is 0.0584 e. The molecule has 0 aromatic carbocycles. The van der Waals surface area contributed by atoms with Crippen LogP contribution in [-0.2, 0) is 4.74 Å². The second-order valence-corrected chi connectivity index (χ2v) is 3.88. The van der Waals surface area contributed by atoms with Crippen LogP contribution < -0.4 is 5.73 Å². The second-order valence-electron chi connectivity index (χ2n) is 3.88. The van der Waals surface area contributed by atoms with Crippen molar-refractivity contribution in [2.45, 2.75) is 54.9 Å². The lowest BCUT2D eigenvalue weighted by molar-refractivity contribution is 0.207. The fourth-order valence-corrected chi connectivity index (χ4v) is 0.848. The molecule has 0 aromatic heterocycles. The van der Waals surface area contributed by atoms with Gasteiger partial charge in [-0.25, -0.2) is 0 Å². The van der Waals surface area contributed by atoms with Gasteiger partial charge in [-0.2, -0.15) is 0 Å². The van der Waals surface area contributed by atoms with Gasteiger partial charge in [0.15, 0.2) is 0 Å². The minimum atomic E-state index is 0.622. The Morgan fingerprint density at radius 3 is 1.47 bits per heavy atom. The lowest BCUT2D eigenvalue weighted by Crippen LogP contribution is -2.05. The number of hydrogen-bond donors (Lipinski definition) is 1. The molecule has 1 atom stereocenters. The fraction of sp³-hybridized carbons (Fsp3) is 1.00. The van der Waals surface area contributed by atoms with Crippen molar-refractivity contribution >= 4 is 0 Å². The van der Waals surface area contributed by atoms with Gasteiger partial charge in [-0.05, 0) is 17.8 Å². The predicted octanol–water partition coefficient (Wildman–Crippen LogP) is 3.70. The molecule has 0 heterocycles. The van der Waals surface area contributed by atoms with E-state index in [0.717, 1.165) is 5.92 Å². The second kappa shape index (κ2) is 13.9. The van der Waals surface area contributed by atoms with E-state index < -0.39 is 0 Å². The van der Waals surface area contributed by atoms with Crippen molar-refractivity contribution in [3.63, 3.8) is 0 Å². The quantitative estimate of drug-likeness (QED) is 0.768. The van der Waals surface area contributed by atoms with Crippen LogP contribution in [0.4, 0.5) is 0 Å². The van der Waals surface area contributed by atoms with Crippen molar-refractivity contribution in [3.8, 4) is 0 Å². The highest BCUT2D eigenvalue weighted by Crippen LogP contribution is 2.50. The standard InChI is InChI=1S/C6H12.C3H9NO.2C2H6/c1-5-4-6(5,2)3;1-5-3-2-4;2*1-2/h5H,4H2,1-3H3;2-4H2,1H3;2*1-2H3. The van der Waals surface area contributed by atoms with Gasteiger partial charge in [-0.3, -0.25) is 0 Å². The molecular weight excluding hydrogens is 186 g/mol. The van der Waals surface area contributed by atoms with Crippen LogP contribution in [0.5, 0.6) is 0 Å². The van der Waals surface area contributed by atoms with Crippen molar-refractivity contribution in [2.75, 3.05) is 20.3 Å². The third-order valence-electron chi connectivity index (χ3n) is 2.33. The number of hydrogen-bond acceptors (Lipinski definition) is 2. The van der Waals surface area contributed by atoms with Gasteiger partial charge in [0, 0.05) is 13.7 Å². The Labute approximate surface area is 97.6 Å². The maximum Gasteiger partial charge on any atom is 0.0584 e. The van der Waals surface area contributed by atoms with Crippen LogP contribution in [0.1, 0.15) is 54.9 Å². The predicted molar refractivity (Wildman–Crippen MR) is 71.2 cm³/mol. The van der Waals surface area contributed by atoms with Gasteiger partial charge in [0.25, 0.3) is 0 Å². The molecule has 1 unspecified atom stereocenters. The Balaban J connectivity index is -0.000000146. The van der Waals surface area contributed by atoms with Crippen LogP contribution in [0, 0.1) is 11.3 Å². The molecule has 1 saturated carbocycles. The summed E-state index contributed by atoms with van der Waals surface area (Å²) in [6, 6.07) is 0. The highest BCUT2D eigenvalue weighted by Gasteiger charge is 2.41. The molecular formula is C13H33NO. The Morgan fingerprint density at radius 2 is 1.47 bits per heavy atom. The SMILES string of the molecule is CC.CC.CC1CC1(C)C.COCCN. The van der Waals surface area contributed by atoms with Crippen LogP contribution >= 0.6 is 0 Å². The van der Waals surface area contributed by atoms with Gasteiger partial charge < -0.3 is 10.5 Å². The maximum atomic E-state index is 5.01. The van der Waals surface area contributed by atoms with Crippen molar-refractivity contribution in [1.82, 2.24) is 0 Å². The summed E-state index contributed by atoms with van der Waals surface area (Å²) in [6.45, 7) is 16.2. The Morgan fingerprint density at radius 1 is 1.20 bits per heavy atom. The molecule has 0 aliphatic heterocycles. The molecule has 0 saturated heterocycles. The molecule has 1 rings (SSSR count). The highest BCUT2D eigenvalue weighted by molar-refractivity contribution is 4.91. The summed E-state index contributed by atoms with van der Waals surface area (Å²) in [7, 11) is 1.63. The molecule has 96 valence electrons. The minimum Gasteiger partial charge on any atom is -0.383 e. The summed E-state index contributed by atoms with van der Waals surface area (Å²) in [6.07, 6.45) is 1.44. The normalized spacial score (nSPS) is 19.4. The fourth-order valence-electron chi connectivity index (χ4n) is 0.848. The van der Waals surface area contributed by atoms with Crippen molar-refractivity contribution in [3.05, 3.63) is 0 Å². The lowest BCUT2D eigenvalue weighted by atomic mass is 10.1. The Bertz CT molecular complexity index is 101. The van der Waals surface area contributed by atoms with Crippen LogP contribution in [-0.4, -0.2) is 20.3 Å². The highest BCUT2D eigenvalue weighted by atomic mass is 16.5. The third kappa shape index (κ3) is 16.6. The molecule has 0 amide bonds. The Kier molecular flexibility index (Phi) is 18.9. The summed E-state index contributed by atoms with van der Waals surface area (Å²) in [4.78, 5) is 0. The summed E-state index contributed by atoms with van der Waals surface area (Å²) in [5.74, 6) is 0.998. The molecule has 0 aromatic rings. The van der Waals surface area contributed by atoms with Crippen LogP contribution in [0.15, 0.2) is 0 Å². The zero-order valence-corrected chi connectivity index (χ0v) is 12.2. The summed E-state index contributed by atoms with van der Waals surface area (Å²) < 4.78 is 4.57. The zero-order valence-electron chi connectivity index (χ0n) is 12.2. The van der Waals surface area contributed by atoms with E-state index in [-0.39, 0.29) is 0 Å². The summed E-state index contributed by atoms with van der Waals surface area (Å²) in [5, 5.41) is 0. The average Bonchev–Trinajstić information content (AvgIpc) is 2.80. The topological polar surface area (TPSA) is 35.2 Å². The molecule has 0 bridgehead atoms. The molecule has 2 nitrogen and oxygen atoms in total. The first-order valence-electron chi connectivity index (χ1n) is 6.23. The molecule has 1 aliphatic carbocycles. The number of rotatable bonds is 2. The van der Waals surface area contributed by atoms with Crippen LogP contribution in [0.2, 0.25) is 0 Å².